The molecule has 0 spiro atoms. The first-order chi connectivity index (χ1) is 10.2. The Kier molecular flexibility index (Phi) is 6.61. The molecule has 3 unspecified atom stereocenters. The van der Waals surface area contributed by atoms with E-state index in [1.54, 1.807) is 13.0 Å². The van der Waals surface area contributed by atoms with Crippen LogP contribution in [0.2, 0.25) is 19.6 Å². The molecule has 0 saturated carbocycles. The second-order valence-electron chi connectivity index (χ2n) is 6.18. The van der Waals surface area contributed by atoms with Crippen molar-refractivity contribution < 1.29 is 28.2 Å². The molecule has 1 aliphatic carbocycles. The summed E-state index contributed by atoms with van der Waals surface area (Å²) < 4.78 is 21.8. The van der Waals surface area contributed by atoms with Crippen molar-refractivity contribution in [2.45, 2.75) is 52.1 Å². The molecule has 0 saturated heterocycles. The smallest absolute Gasteiger partial charge is 0.315 e. The number of methoxy groups -OCH3 is 1. The molecular weight excluding hydrogens is 304 g/mol. The van der Waals surface area contributed by atoms with Gasteiger partial charge in [-0.3, -0.25) is 9.59 Å². The molecule has 0 fully saturated rings. The SMILES string of the molecule is CCOC(=O)C1C(OC)C=C(O[Si](C)(C)C)CC1OC(C)=O. The second-order valence-corrected chi connectivity index (χ2v) is 10.6. The van der Waals surface area contributed by atoms with E-state index in [0.717, 1.165) is 0 Å². The molecular formula is C15H26O6Si. The molecule has 0 aliphatic heterocycles. The number of hydrogen-bond donors (Lipinski definition) is 0. The van der Waals surface area contributed by atoms with Gasteiger partial charge in [0.15, 0.2) is 0 Å². The largest absolute Gasteiger partial charge is 0.547 e. The zero-order chi connectivity index (χ0) is 16.9. The van der Waals surface area contributed by atoms with Gasteiger partial charge in [-0.15, -0.1) is 0 Å². The number of carbonyl (C=O) groups excluding carboxylic acids is 2. The topological polar surface area (TPSA) is 71.1 Å². The Balaban J connectivity index is 3.06. The highest BCUT2D eigenvalue weighted by Crippen LogP contribution is 2.32. The summed E-state index contributed by atoms with van der Waals surface area (Å²) in [6, 6.07) is 0. The van der Waals surface area contributed by atoms with Gasteiger partial charge in [0, 0.05) is 20.5 Å². The van der Waals surface area contributed by atoms with Gasteiger partial charge in [-0.05, 0) is 32.6 Å². The van der Waals surface area contributed by atoms with Crippen molar-refractivity contribution in [3.8, 4) is 0 Å². The number of rotatable bonds is 6. The molecule has 0 aromatic rings. The molecule has 0 N–H and O–H groups in total. The van der Waals surface area contributed by atoms with E-state index in [1.807, 2.05) is 0 Å². The predicted molar refractivity (Wildman–Crippen MR) is 83.6 cm³/mol. The zero-order valence-electron chi connectivity index (χ0n) is 14.2. The van der Waals surface area contributed by atoms with E-state index in [1.165, 1.54) is 14.0 Å². The first-order valence-electron chi connectivity index (χ1n) is 7.44. The Bertz CT molecular complexity index is 440. The summed E-state index contributed by atoms with van der Waals surface area (Å²) in [5.74, 6) is -0.840. The van der Waals surface area contributed by atoms with Gasteiger partial charge in [0.2, 0.25) is 8.32 Å². The monoisotopic (exact) mass is 330 g/mol. The van der Waals surface area contributed by atoms with Crippen LogP contribution in [0.25, 0.3) is 0 Å². The van der Waals surface area contributed by atoms with Gasteiger partial charge in [-0.2, -0.15) is 0 Å². The highest BCUT2D eigenvalue weighted by molar-refractivity contribution is 6.70. The van der Waals surface area contributed by atoms with E-state index >= 15 is 0 Å². The molecule has 3 atom stereocenters. The van der Waals surface area contributed by atoms with Crippen molar-refractivity contribution >= 4 is 20.3 Å². The van der Waals surface area contributed by atoms with Crippen LogP contribution in [-0.4, -0.2) is 46.2 Å². The van der Waals surface area contributed by atoms with Gasteiger partial charge in [0.05, 0.1) is 18.5 Å². The molecule has 22 heavy (non-hydrogen) atoms. The van der Waals surface area contributed by atoms with Crippen molar-refractivity contribution in [3.05, 3.63) is 11.8 Å². The van der Waals surface area contributed by atoms with Crippen molar-refractivity contribution in [2.24, 2.45) is 5.92 Å². The normalized spacial score (nSPS) is 25.2. The van der Waals surface area contributed by atoms with Crippen LogP contribution < -0.4 is 0 Å². The summed E-state index contributed by atoms with van der Waals surface area (Å²) in [5, 5.41) is 0. The lowest BCUT2D eigenvalue weighted by molar-refractivity contribution is -0.167. The van der Waals surface area contributed by atoms with Crippen LogP contribution in [-0.2, 0) is 28.2 Å². The number of carbonyl (C=O) groups is 2. The van der Waals surface area contributed by atoms with Gasteiger partial charge in [0.1, 0.15) is 12.0 Å². The number of esters is 2. The standard InChI is InChI=1S/C15H26O6Si/c1-7-19-15(17)14-12(18-3)8-11(21-22(4,5)6)9-13(14)20-10(2)16/h8,12-14H,7,9H2,1-6H3. The van der Waals surface area contributed by atoms with Gasteiger partial charge in [-0.25, -0.2) is 0 Å². The lowest BCUT2D eigenvalue weighted by Gasteiger charge is -2.35. The molecule has 1 aliphatic rings. The van der Waals surface area contributed by atoms with E-state index in [-0.39, 0.29) is 6.61 Å². The van der Waals surface area contributed by atoms with E-state index in [0.29, 0.717) is 12.2 Å². The van der Waals surface area contributed by atoms with Crippen LogP contribution in [0.5, 0.6) is 0 Å². The van der Waals surface area contributed by atoms with Gasteiger partial charge < -0.3 is 18.6 Å². The van der Waals surface area contributed by atoms with Crippen LogP contribution in [0.4, 0.5) is 0 Å². The minimum absolute atomic E-state index is 0.264. The summed E-state index contributed by atoms with van der Waals surface area (Å²) in [5.41, 5.74) is 0. The van der Waals surface area contributed by atoms with E-state index in [4.69, 9.17) is 18.6 Å². The summed E-state index contributed by atoms with van der Waals surface area (Å²) in [6.45, 7) is 9.51. The fraction of sp³-hybridized carbons (Fsp3) is 0.733. The Morgan fingerprint density at radius 2 is 1.95 bits per heavy atom. The lowest BCUT2D eigenvalue weighted by atomic mass is 9.87. The molecule has 0 radical (unpaired) electrons. The predicted octanol–water partition coefficient (Wildman–Crippen LogP) is 2.25. The third-order valence-corrected chi connectivity index (χ3v) is 3.97. The number of ether oxygens (including phenoxy) is 3. The van der Waals surface area contributed by atoms with Crippen LogP contribution in [0, 0.1) is 5.92 Å². The second kappa shape index (κ2) is 7.78. The van der Waals surface area contributed by atoms with Crippen LogP contribution in [0.1, 0.15) is 20.3 Å². The van der Waals surface area contributed by atoms with Gasteiger partial charge in [-0.1, -0.05) is 0 Å². The van der Waals surface area contributed by atoms with Crippen LogP contribution >= 0.6 is 0 Å². The molecule has 0 aromatic carbocycles. The molecule has 0 amide bonds. The van der Waals surface area contributed by atoms with E-state index in [2.05, 4.69) is 19.6 Å². The average Bonchev–Trinajstić information content (AvgIpc) is 2.35. The molecule has 126 valence electrons. The molecule has 0 bridgehead atoms. The minimum atomic E-state index is -1.80. The zero-order valence-corrected chi connectivity index (χ0v) is 15.2. The van der Waals surface area contributed by atoms with Crippen molar-refractivity contribution in [2.75, 3.05) is 13.7 Å². The van der Waals surface area contributed by atoms with E-state index in [9.17, 15) is 9.59 Å². The Hall–Kier alpha value is -1.34. The molecule has 6 nitrogen and oxygen atoms in total. The van der Waals surface area contributed by atoms with Crippen molar-refractivity contribution in [3.63, 3.8) is 0 Å². The van der Waals surface area contributed by atoms with E-state index < -0.39 is 38.4 Å². The maximum atomic E-state index is 12.2. The minimum Gasteiger partial charge on any atom is -0.547 e. The fourth-order valence-corrected chi connectivity index (χ4v) is 3.37. The highest BCUT2D eigenvalue weighted by Gasteiger charge is 2.43. The highest BCUT2D eigenvalue weighted by atomic mass is 28.4. The maximum Gasteiger partial charge on any atom is 0.315 e. The lowest BCUT2D eigenvalue weighted by Crippen LogP contribution is -2.45. The molecule has 7 heteroatoms. The summed E-state index contributed by atoms with van der Waals surface area (Å²) in [6.07, 6.45) is 0.967. The Labute approximate surface area is 132 Å². The summed E-state index contributed by atoms with van der Waals surface area (Å²) in [4.78, 5) is 23.6. The number of hydrogen-bond acceptors (Lipinski definition) is 6. The first-order valence-corrected chi connectivity index (χ1v) is 10.8. The van der Waals surface area contributed by atoms with Crippen LogP contribution in [0.15, 0.2) is 11.8 Å². The first kappa shape index (κ1) is 18.7. The average molecular weight is 330 g/mol. The molecule has 0 heterocycles. The van der Waals surface area contributed by atoms with Crippen molar-refractivity contribution in [1.29, 1.82) is 0 Å². The maximum absolute atomic E-state index is 12.2. The van der Waals surface area contributed by atoms with Gasteiger partial charge >= 0.3 is 11.9 Å². The fourth-order valence-electron chi connectivity index (χ4n) is 2.43. The quantitative estimate of drug-likeness (QED) is 0.549. The summed E-state index contributed by atoms with van der Waals surface area (Å²) >= 11 is 0. The third-order valence-electron chi connectivity index (χ3n) is 3.09. The third kappa shape index (κ3) is 5.45. The molecule has 0 aromatic heterocycles. The summed E-state index contributed by atoms with van der Waals surface area (Å²) in [7, 11) is -0.292. The van der Waals surface area contributed by atoms with Crippen LogP contribution in [0.3, 0.4) is 0 Å². The Morgan fingerprint density at radius 1 is 1.32 bits per heavy atom. The van der Waals surface area contributed by atoms with Gasteiger partial charge in [0.25, 0.3) is 0 Å². The molecule has 1 rings (SSSR count). The van der Waals surface area contributed by atoms with Crippen molar-refractivity contribution in [1.82, 2.24) is 0 Å². The Morgan fingerprint density at radius 3 is 2.41 bits per heavy atom.